The van der Waals surface area contributed by atoms with Crippen molar-refractivity contribution in [2.45, 2.75) is 57.4 Å². The minimum atomic E-state index is -0.744. The van der Waals surface area contributed by atoms with Crippen LogP contribution >= 0.6 is 0 Å². The maximum atomic E-state index is 12.7. The quantitative estimate of drug-likeness (QED) is 0.376. The Morgan fingerprint density at radius 3 is 2.36 bits per heavy atom. The molecule has 0 spiro atoms. The van der Waals surface area contributed by atoms with Crippen LogP contribution < -0.4 is 16.4 Å². The number of nitrogens with zero attached hydrogens (tertiary/aromatic N) is 3. The van der Waals surface area contributed by atoms with Crippen molar-refractivity contribution in [1.82, 2.24) is 25.9 Å². The number of aromatic amines is 1. The van der Waals surface area contributed by atoms with Crippen molar-refractivity contribution >= 4 is 11.8 Å². The molecule has 188 valence electrons. The highest BCUT2D eigenvalue weighted by molar-refractivity contribution is 5.94. The number of hydrogen-bond acceptors (Lipinski definition) is 6. The molecule has 5 rings (SSSR count). The molecule has 6 N–H and O–H groups in total. The molecule has 0 saturated heterocycles. The Morgan fingerprint density at radius 1 is 1.11 bits per heavy atom. The van der Waals surface area contributed by atoms with Gasteiger partial charge in [0, 0.05) is 18.2 Å². The molecule has 2 aliphatic carbocycles. The summed E-state index contributed by atoms with van der Waals surface area (Å²) in [6.45, 7) is 5.13. The molecule has 2 amide bonds. The number of nitrogens with one attached hydrogen (secondary N) is 2. The van der Waals surface area contributed by atoms with Crippen LogP contribution in [0.4, 0.5) is 0 Å². The van der Waals surface area contributed by atoms with E-state index >= 15 is 0 Å². The fourth-order valence-electron chi connectivity index (χ4n) is 5.65. The van der Waals surface area contributed by atoms with Crippen molar-refractivity contribution in [3.63, 3.8) is 0 Å². The average molecular weight is 489 g/mol. The predicted octanol–water partition coefficient (Wildman–Crippen LogP) is 1.23. The summed E-state index contributed by atoms with van der Waals surface area (Å²) in [4.78, 5) is 25.4. The summed E-state index contributed by atoms with van der Waals surface area (Å²) >= 11 is 0. The zero-order valence-electron chi connectivity index (χ0n) is 20.9. The van der Waals surface area contributed by atoms with Gasteiger partial charge in [-0.1, -0.05) is 17.3 Å². The van der Waals surface area contributed by atoms with Crippen LogP contribution in [-0.4, -0.2) is 51.6 Å². The number of tetrazole rings is 1. The van der Waals surface area contributed by atoms with Crippen molar-refractivity contribution in [3.8, 4) is 0 Å². The minimum absolute atomic E-state index is 0.0282. The molecule has 2 aliphatic rings. The van der Waals surface area contributed by atoms with Gasteiger partial charge in [0.1, 0.15) is 0 Å². The standard InChI is InChI=1S/C27H33N7O2/c1-3-29-24(35)19-9-11-21-17(13-19)7-8-18-14-20(25(36)30-4-2)10-12-22(18)27(21,26-31-33-34-32-26)15-23(28)16-5-6-16/h9-14,16,23H,3-8,15,28H2,1-2H3,(H,29,35)(H,30,36)(H,31,32,33,34)/p+1. The van der Waals surface area contributed by atoms with Gasteiger partial charge in [-0.3, -0.25) is 10.1 Å². The molecule has 0 aliphatic heterocycles. The van der Waals surface area contributed by atoms with Crippen molar-refractivity contribution < 1.29 is 14.9 Å². The largest absolute Gasteiger partial charge is 0.352 e. The van der Waals surface area contributed by atoms with Crippen LogP contribution in [0.15, 0.2) is 36.4 Å². The number of carbonyl (C=O) groups is 2. The third kappa shape index (κ3) is 4.33. The highest BCUT2D eigenvalue weighted by Gasteiger charge is 2.47. The Balaban J connectivity index is 1.72. The molecule has 0 bridgehead atoms. The Bertz CT molecular complexity index is 1200. The van der Waals surface area contributed by atoms with Crippen LogP contribution in [0.2, 0.25) is 0 Å². The van der Waals surface area contributed by atoms with Crippen molar-refractivity contribution in [2.75, 3.05) is 13.1 Å². The van der Waals surface area contributed by atoms with Crippen molar-refractivity contribution in [1.29, 1.82) is 0 Å². The molecule has 9 nitrogen and oxygen atoms in total. The number of amides is 2. The molecule has 3 aromatic rings. The topological polar surface area (TPSA) is 143 Å². The van der Waals surface area contributed by atoms with E-state index in [1.165, 1.54) is 0 Å². The zero-order chi connectivity index (χ0) is 25.3. The van der Waals surface area contributed by atoms with E-state index in [1.54, 1.807) is 5.32 Å². The fourth-order valence-corrected chi connectivity index (χ4v) is 5.65. The number of quaternary nitrogens is 1. The Hall–Kier alpha value is -3.43. The number of hydrogen-bond donors (Lipinski definition) is 4. The molecule has 1 fully saturated rings. The van der Waals surface area contributed by atoms with Gasteiger partial charge in [0.05, 0.1) is 17.5 Å². The van der Waals surface area contributed by atoms with Gasteiger partial charge in [-0.25, -0.2) is 4.79 Å². The lowest BCUT2D eigenvalue weighted by Gasteiger charge is -2.36. The van der Waals surface area contributed by atoms with E-state index in [-0.39, 0.29) is 17.9 Å². The summed E-state index contributed by atoms with van der Waals surface area (Å²) in [6.07, 6.45) is 4.32. The van der Waals surface area contributed by atoms with E-state index in [2.05, 4.69) is 32.0 Å². The Kier molecular flexibility index (Phi) is 6.68. The molecule has 2 aromatic carbocycles. The van der Waals surface area contributed by atoms with Gasteiger partial charge < -0.3 is 11.1 Å². The second kappa shape index (κ2) is 9.91. The first-order chi connectivity index (χ1) is 17.5. The van der Waals surface area contributed by atoms with Gasteiger partial charge in [-0.2, -0.15) is 5.21 Å². The highest BCUT2D eigenvalue weighted by atomic mass is 16.2. The van der Waals surface area contributed by atoms with E-state index in [4.69, 9.17) is 5.73 Å². The number of nitrogens with two attached hydrogens (primary N) is 2. The molecule has 2 unspecified atom stereocenters. The Labute approximate surface area is 210 Å². The van der Waals surface area contributed by atoms with Gasteiger partial charge >= 0.3 is 5.91 Å². The van der Waals surface area contributed by atoms with E-state index < -0.39 is 5.41 Å². The van der Waals surface area contributed by atoms with Gasteiger partial charge in [0.2, 0.25) is 0 Å². The van der Waals surface area contributed by atoms with Gasteiger partial charge in [0.15, 0.2) is 5.82 Å². The lowest BCUT2D eigenvalue weighted by molar-refractivity contribution is -0.551. The van der Waals surface area contributed by atoms with Crippen molar-refractivity contribution in [3.05, 3.63) is 75.6 Å². The highest BCUT2D eigenvalue weighted by Crippen LogP contribution is 2.49. The van der Waals surface area contributed by atoms with E-state index in [0.717, 1.165) is 47.9 Å². The fraction of sp³-hybridized carbons (Fsp3) is 0.444. The molecular formula is C27H34N7O2+. The lowest BCUT2D eigenvalue weighted by atomic mass is 9.67. The monoisotopic (exact) mass is 488 g/mol. The number of H-pyrrole nitrogens is 1. The van der Waals surface area contributed by atoms with E-state index in [9.17, 15) is 9.59 Å². The number of aryl methyl sites for hydroxylation is 2. The Morgan fingerprint density at radius 2 is 1.78 bits per heavy atom. The van der Waals surface area contributed by atoms with Gasteiger partial charge in [0.25, 0.3) is 5.91 Å². The minimum Gasteiger partial charge on any atom is -0.352 e. The third-order valence-corrected chi connectivity index (χ3v) is 7.56. The van der Waals surface area contributed by atoms with Crippen LogP contribution in [0.25, 0.3) is 0 Å². The summed E-state index contributed by atoms with van der Waals surface area (Å²) in [5, 5.41) is 20.2. The first-order valence-electron chi connectivity index (χ1n) is 12.9. The number of benzene rings is 2. The molecule has 1 heterocycles. The maximum Gasteiger partial charge on any atom is 0.342 e. The number of rotatable bonds is 8. The molecule has 0 radical (unpaired) electrons. The molecule has 9 heteroatoms. The van der Waals surface area contributed by atoms with E-state index in [1.807, 2.05) is 44.2 Å². The van der Waals surface area contributed by atoms with Crippen LogP contribution in [0.5, 0.6) is 0 Å². The summed E-state index contributed by atoms with van der Waals surface area (Å²) < 4.78 is 0. The molecule has 36 heavy (non-hydrogen) atoms. The van der Waals surface area contributed by atoms with Crippen LogP contribution in [0, 0.1) is 5.92 Å². The van der Waals surface area contributed by atoms with E-state index in [0.29, 0.717) is 42.4 Å². The first kappa shape index (κ1) is 24.3. The molecule has 1 saturated carbocycles. The average Bonchev–Trinajstić information content (AvgIpc) is 3.62. The number of aromatic nitrogens is 4. The number of fused-ring (bicyclic) bond motifs is 2. The second-order valence-corrected chi connectivity index (χ2v) is 9.93. The summed E-state index contributed by atoms with van der Waals surface area (Å²) in [6, 6.07) is 11.8. The lowest BCUT2D eigenvalue weighted by Crippen LogP contribution is -2.87. The maximum absolute atomic E-state index is 12.7. The summed E-state index contributed by atoms with van der Waals surface area (Å²) in [5.41, 5.74) is 11.6. The number of primary amides is 1. The van der Waals surface area contributed by atoms with Crippen LogP contribution in [-0.2, 0) is 18.3 Å². The number of carbonyl (C=O) groups excluding carboxylic acids is 2. The van der Waals surface area contributed by atoms with Crippen LogP contribution in [0.1, 0.15) is 81.9 Å². The smallest absolute Gasteiger partial charge is 0.342 e. The van der Waals surface area contributed by atoms with Crippen LogP contribution in [0.3, 0.4) is 0 Å². The molecular weight excluding hydrogens is 454 g/mol. The normalized spacial score (nSPS) is 19.6. The van der Waals surface area contributed by atoms with Gasteiger partial charge in [-0.15, -0.1) is 10.2 Å². The third-order valence-electron chi connectivity index (χ3n) is 7.56. The first-order valence-corrected chi connectivity index (χ1v) is 12.9. The molecule has 2 atom stereocenters. The summed E-state index contributed by atoms with van der Waals surface area (Å²) in [5.74, 6) is 0.969. The predicted molar refractivity (Wildman–Crippen MR) is 134 cm³/mol. The van der Waals surface area contributed by atoms with Crippen molar-refractivity contribution in [2.24, 2.45) is 11.7 Å². The second-order valence-electron chi connectivity index (χ2n) is 9.93. The summed E-state index contributed by atoms with van der Waals surface area (Å²) in [7, 11) is 0. The molecule has 1 aromatic heterocycles. The SMILES string of the molecule is CCNC(=O)c1ccc2c(c1)CCc1cc(C(=O)[NH2+]CC)ccc1C2(CC(N)C1CC1)c1nn[nH]n1. The van der Waals surface area contributed by atoms with Gasteiger partial charge in [-0.05, 0) is 98.4 Å². The zero-order valence-corrected chi connectivity index (χ0v) is 20.9.